The number of carbonyl (C=O) groups is 2. The number of halogens is 5. The molecule has 0 radical (unpaired) electrons. The van der Waals surface area contributed by atoms with Gasteiger partial charge >= 0.3 is 157 Å². The molecule has 2 heterocycles. The van der Waals surface area contributed by atoms with Crippen LogP contribution in [-0.2, 0) is 47.8 Å². The van der Waals surface area contributed by atoms with Crippen LogP contribution in [0.25, 0.3) is 0 Å². The Balaban J connectivity index is -0.0000000535. The van der Waals surface area contributed by atoms with Gasteiger partial charge in [0, 0.05) is 31.9 Å². The minimum atomic E-state index is -4.22. The molecule has 0 aliphatic rings. The van der Waals surface area contributed by atoms with E-state index in [0.29, 0.717) is 5.69 Å². The summed E-state index contributed by atoms with van der Waals surface area (Å²) in [5, 5.41) is 19.9. The molecule has 0 amide bonds. The van der Waals surface area contributed by atoms with Gasteiger partial charge in [-0.05, 0) is 25.4 Å². The maximum Gasteiger partial charge on any atom is 1.00 e. The van der Waals surface area contributed by atoms with E-state index in [9.17, 15) is 22.4 Å². The first-order valence-corrected chi connectivity index (χ1v) is 8.53. The first-order chi connectivity index (χ1) is 16.5. The molecule has 15 nitrogen and oxygen atoms in total. The normalized spacial score (nSPS) is 7.97. The predicted molar refractivity (Wildman–Crippen MR) is 99.4 cm³/mol. The second kappa shape index (κ2) is 34.2. The molecule has 0 saturated heterocycles. The van der Waals surface area contributed by atoms with Crippen molar-refractivity contribution in [1.82, 2.24) is 19.6 Å². The molecule has 0 aromatic carbocycles. The Bertz CT molecular complexity index is 1020. The topological polar surface area (TPSA) is 223 Å². The van der Waals surface area contributed by atoms with Crippen molar-refractivity contribution in [2.75, 3.05) is 0 Å². The fourth-order valence-electron chi connectivity index (χ4n) is 1.42. The van der Waals surface area contributed by atoms with Crippen molar-refractivity contribution in [2.45, 2.75) is 25.8 Å². The molecule has 0 saturated carbocycles. The van der Waals surface area contributed by atoms with Crippen LogP contribution in [0.2, 0.25) is 0 Å². The smallest absolute Gasteiger partial charge is 1.00 e. The average molecular weight is 655 g/mol. The van der Waals surface area contributed by atoms with Gasteiger partial charge in [0.2, 0.25) is 5.88 Å². The number of hydrogen-bond donors (Lipinski definition) is 1. The summed E-state index contributed by atoms with van der Waals surface area (Å²) in [6, 6.07) is 3.01. The minimum absolute atomic E-state index is 0. The van der Waals surface area contributed by atoms with Gasteiger partial charge in [0.15, 0.2) is 0 Å². The third-order valence-electron chi connectivity index (χ3n) is 2.45. The summed E-state index contributed by atoms with van der Waals surface area (Å²) >= 11 is 3.87. The molecule has 23 heteroatoms. The predicted octanol–water partition coefficient (Wildman–Crippen LogP) is -10.7. The fraction of sp³-hybridized carbons (Fsp3) is 0.375. The number of hydrogen-bond acceptors (Lipinski definition) is 12. The number of H-pyrrole nitrogens is 1. The van der Waals surface area contributed by atoms with Crippen LogP contribution in [-0.4, -0.2) is 56.3 Å². The summed E-state index contributed by atoms with van der Waals surface area (Å²) in [7, 11) is 3.24. The van der Waals surface area contributed by atoms with Gasteiger partial charge in [0.1, 0.15) is 5.97 Å². The Kier molecular flexibility index (Phi) is 48.2. The number of nitrogens with one attached hydrogen (secondary N) is 1. The number of carbonyl (C=O) groups excluding carboxylic acids is 6. The van der Waals surface area contributed by atoms with E-state index in [2.05, 4.69) is 31.4 Å². The van der Waals surface area contributed by atoms with Gasteiger partial charge in [-0.3, -0.25) is 14.3 Å². The van der Waals surface area contributed by atoms with Crippen LogP contribution >= 0.6 is 11.6 Å². The van der Waals surface area contributed by atoms with Gasteiger partial charge in [-0.25, -0.2) is 4.68 Å². The molecule has 0 aliphatic heterocycles. The summed E-state index contributed by atoms with van der Waals surface area (Å²) in [5.74, 6) is -2.49. The first-order valence-electron chi connectivity index (χ1n) is 8.15. The standard InChI is InChI=1S/C6H8F2N2O.C5H8N2O.C2HClF2O2.CH2O3.2CO2.2K.Na.H/c1-4-3-5(10(2)9-4)11-6(7)8;1-4-3-5(8)7(2)6-4;3-2(4,5)1(6)7;2-1-4-3;2*2-1-3;;;;/h3,6H,1-2H3;3,6H,1-2H3;(H,6,7);1,3H;;;;;;/q;;;;;;3*+1;-1/p-2. The third-order valence-corrected chi connectivity index (χ3v) is 2.61. The average Bonchev–Trinajstić information content (AvgIpc) is 3.21. The van der Waals surface area contributed by atoms with Crippen molar-refractivity contribution in [3.05, 3.63) is 33.9 Å². The molecule has 0 fully saturated rings. The number of rotatable bonds is 4. The largest absolute Gasteiger partial charge is 1.00 e. The summed E-state index contributed by atoms with van der Waals surface area (Å²) in [5.41, 5.74) is 1.57. The van der Waals surface area contributed by atoms with Gasteiger partial charge in [0.25, 0.3) is 12.0 Å². The van der Waals surface area contributed by atoms with Crippen LogP contribution < -0.4 is 153 Å². The molecule has 2 aromatic rings. The maximum absolute atomic E-state index is 11.6. The molecule has 1 N–H and O–H groups in total. The number of aromatic nitrogens is 4. The minimum Gasteiger partial charge on any atom is -1.00 e. The van der Waals surface area contributed by atoms with E-state index in [0.717, 1.165) is 5.69 Å². The van der Waals surface area contributed by atoms with E-state index in [-0.39, 0.29) is 164 Å². The second-order valence-corrected chi connectivity index (χ2v) is 5.58. The van der Waals surface area contributed by atoms with Crippen LogP contribution in [0.1, 0.15) is 12.8 Å². The van der Waals surface area contributed by atoms with Gasteiger partial charge in [0.05, 0.1) is 5.69 Å². The van der Waals surface area contributed by atoms with Crippen molar-refractivity contribution in [1.29, 1.82) is 0 Å². The van der Waals surface area contributed by atoms with Crippen LogP contribution in [0, 0.1) is 13.8 Å². The molecule has 0 spiro atoms. The van der Waals surface area contributed by atoms with Crippen molar-refractivity contribution >= 4 is 36.3 Å². The number of aromatic amines is 1. The van der Waals surface area contributed by atoms with Crippen molar-refractivity contribution < 1.29 is 200 Å². The van der Waals surface area contributed by atoms with Crippen LogP contribution in [0.3, 0.4) is 0 Å². The van der Waals surface area contributed by atoms with Gasteiger partial charge < -0.3 is 31.3 Å². The zero-order valence-corrected chi connectivity index (χ0v) is 30.5. The summed E-state index contributed by atoms with van der Waals surface area (Å²) in [6.45, 7) is 0.588. The SMILES string of the molecule is Cc1cc(=O)n(C)[nH]1.Cc1cc(OC(F)F)n(C)n1.O=C([O-])C(F)(F)Cl.O=C=O.O=C=O.O=CO[O-].[H-].[K+].[K+].[Na+]. The fourth-order valence-corrected chi connectivity index (χ4v) is 1.42. The monoisotopic (exact) mass is 654 g/mol. The summed E-state index contributed by atoms with van der Waals surface area (Å²) in [6.07, 6.45) is 0.500. The molecule has 39 heavy (non-hydrogen) atoms. The number of alkyl halides is 5. The van der Waals surface area contributed by atoms with E-state index in [4.69, 9.17) is 39.1 Å². The van der Waals surface area contributed by atoms with E-state index in [1.165, 1.54) is 15.4 Å². The Labute approximate surface area is 330 Å². The zero-order chi connectivity index (χ0) is 29.5. The number of aliphatic carboxylic acids is 1. The quantitative estimate of drug-likeness (QED) is 0.0811. The van der Waals surface area contributed by atoms with Crippen LogP contribution in [0.4, 0.5) is 17.6 Å². The zero-order valence-electron chi connectivity index (χ0n) is 22.5. The molecule has 0 bridgehead atoms. The second-order valence-electron chi connectivity index (χ2n) is 5.11. The van der Waals surface area contributed by atoms with Crippen molar-refractivity contribution in [2.24, 2.45) is 14.1 Å². The van der Waals surface area contributed by atoms with Gasteiger partial charge in [-0.15, -0.1) is 0 Å². The van der Waals surface area contributed by atoms with Crippen LogP contribution in [0.5, 0.6) is 5.88 Å². The van der Waals surface area contributed by atoms with Gasteiger partial charge in [-0.1, -0.05) is 0 Å². The number of aryl methyl sites for hydroxylation is 4. The van der Waals surface area contributed by atoms with E-state index in [1.54, 1.807) is 27.1 Å². The molecular formula is C16H18ClF4K2N4NaO11. The summed E-state index contributed by atoms with van der Waals surface area (Å²) in [4.78, 5) is 63.3. The maximum atomic E-state index is 11.6. The molecule has 2 aromatic heterocycles. The molecule has 0 atom stereocenters. The first kappa shape index (κ1) is 55.0. The Morgan fingerprint density at radius 1 is 1.18 bits per heavy atom. The van der Waals surface area contributed by atoms with E-state index >= 15 is 0 Å². The number of ether oxygens (including phenoxy) is 1. The van der Waals surface area contributed by atoms with Crippen LogP contribution in [0.15, 0.2) is 16.9 Å². The number of carboxylic acid groups (broad SMARTS) is 1. The van der Waals surface area contributed by atoms with E-state index in [1.807, 2.05) is 6.92 Å². The third kappa shape index (κ3) is 40.2. The molecular weight excluding hydrogens is 637 g/mol. The summed E-state index contributed by atoms with van der Waals surface area (Å²) < 4.78 is 52.0. The van der Waals surface area contributed by atoms with Crippen molar-refractivity contribution in [3.63, 3.8) is 0 Å². The Morgan fingerprint density at radius 2 is 1.54 bits per heavy atom. The van der Waals surface area contributed by atoms with Crippen molar-refractivity contribution in [3.8, 4) is 5.88 Å². The molecule has 0 unspecified atom stereocenters. The van der Waals surface area contributed by atoms with E-state index < -0.39 is 18.0 Å². The molecule has 206 valence electrons. The van der Waals surface area contributed by atoms with Gasteiger partial charge in [-0.2, -0.15) is 41.8 Å². The number of carboxylic acids is 1. The molecule has 2 rings (SSSR count). The Hall–Kier alpha value is -0.0373. The number of nitrogens with zero attached hydrogens (tertiary/aromatic N) is 3. The molecule has 0 aliphatic carbocycles. The Morgan fingerprint density at radius 3 is 1.67 bits per heavy atom.